The highest BCUT2D eigenvalue weighted by molar-refractivity contribution is 5.85. The van der Waals surface area contributed by atoms with Crippen molar-refractivity contribution in [2.24, 2.45) is 5.92 Å². The number of benzene rings is 1. The molecule has 0 aromatic heterocycles. The Bertz CT molecular complexity index is 457. The van der Waals surface area contributed by atoms with E-state index in [1.807, 2.05) is 0 Å². The van der Waals surface area contributed by atoms with Gasteiger partial charge in [0.15, 0.2) is 0 Å². The molecule has 23 heavy (non-hydrogen) atoms. The molecule has 1 aliphatic carbocycles. The number of nitrogens with zero attached hydrogens (tertiary/aromatic N) is 1. The summed E-state index contributed by atoms with van der Waals surface area (Å²) >= 11 is 0. The first-order chi connectivity index (χ1) is 10.1. The molecule has 1 N–H and O–H groups in total. The van der Waals surface area contributed by atoms with Gasteiger partial charge in [-0.05, 0) is 35.3 Å². The maximum Gasteiger partial charge on any atom is 0.0377 e. The van der Waals surface area contributed by atoms with E-state index >= 15 is 0 Å². The summed E-state index contributed by atoms with van der Waals surface area (Å²) in [5, 5.41) is 3.48. The van der Waals surface area contributed by atoms with Gasteiger partial charge < -0.3 is 5.32 Å². The summed E-state index contributed by atoms with van der Waals surface area (Å²) in [4.78, 5) is 2.71. The van der Waals surface area contributed by atoms with Gasteiger partial charge in [-0.25, -0.2) is 0 Å². The van der Waals surface area contributed by atoms with Gasteiger partial charge >= 0.3 is 0 Å². The molecule has 2 fully saturated rings. The summed E-state index contributed by atoms with van der Waals surface area (Å²) in [6, 6.07) is 10.1. The Morgan fingerprint density at radius 2 is 1.57 bits per heavy atom. The highest BCUT2D eigenvalue weighted by Crippen LogP contribution is 2.41. The van der Waals surface area contributed by atoms with E-state index in [0.29, 0.717) is 6.04 Å². The summed E-state index contributed by atoms with van der Waals surface area (Å²) < 4.78 is 0. The Balaban J connectivity index is 0.00000132. The van der Waals surface area contributed by atoms with Crippen molar-refractivity contribution in [2.45, 2.75) is 51.5 Å². The Kier molecular flexibility index (Phi) is 7.86. The molecule has 1 atom stereocenters. The lowest BCUT2D eigenvalue weighted by Crippen LogP contribution is -2.47. The van der Waals surface area contributed by atoms with Crippen LogP contribution >= 0.6 is 24.8 Å². The van der Waals surface area contributed by atoms with Crippen LogP contribution in [0.25, 0.3) is 0 Å². The average Bonchev–Trinajstić information content (AvgIpc) is 2.43. The molecule has 1 aromatic rings. The van der Waals surface area contributed by atoms with Crippen molar-refractivity contribution in [1.29, 1.82) is 0 Å². The summed E-state index contributed by atoms with van der Waals surface area (Å²) in [6.07, 6.45) is 4.25. The van der Waals surface area contributed by atoms with Crippen LogP contribution in [0.3, 0.4) is 0 Å². The SMILES string of the molecule is CC(C)(C)c1ccc([C@@H](C2CCC2)N2CCNCC2)cc1.Cl.Cl. The van der Waals surface area contributed by atoms with Crippen molar-refractivity contribution in [3.63, 3.8) is 0 Å². The van der Waals surface area contributed by atoms with Crippen LogP contribution in [0.15, 0.2) is 24.3 Å². The topological polar surface area (TPSA) is 15.3 Å². The zero-order valence-corrected chi connectivity index (χ0v) is 16.3. The van der Waals surface area contributed by atoms with Crippen molar-refractivity contribution in [1.82, 2.24) is 10.2 Å². The third kappa shape index (κ3) is 4.85. The van der Waals surface area contributed by atoms with Gasteiger partial charge in [-0.2, -0.15) is 0 Å². The van der Waals surface area contributed by atoms with Gasteiger partial charge in [-0.1, -0.05) is 51.5 Å². The zero-order chi connectivity index (χ0) is 14.9. The van der Waals surface area contributed by atoms with Crippen LogP contribution in [0.5, 0.6) is 0 Å². The molecule has 1 aromatic carbocycles. The van der Waals surface area contributed by atoms with Gasteiger partial charge in [0.25, 0.3) is 0 Å². The average molecular weight is 359 g/mol. The number of hydrogen-bond acceptors (Lipinski definition) is 2. The second-order valence-electron chi connectivity index (χ2n) is 7.79. The van der Waals surface area contributed by atoms with Gasteiger partial charge in [-0.3, -0.25) is 4.90 Å². The summed E-state index contributed by atoms with van der Waals surface area (Å²) in [7, 11) is 0. The van der Waals surface area contributed by atoms with Crippen molar-refractivity contribution in [3.8, 4) is 0 Å². The van der Waals surface area contributed by atoms with E-state index < -0.39 is 0 Å². The number of piperazine rings is 1. The first kappa shape index (κ1) is 20.8. The third-order valence-corrected chi connectivity index (χ3v) is 5.26. The van der Waals surface area contributed by atoms with E-state index in [1.54, 1.807) is 0 Å². The monoisotopic (exact) mass is 358 g/mol. The number of halogens is 2. The second-order valence-corrected chi connectivity index (χ2v) is 7.79. The summed E-state index contributed by atoms with van der Waals surface area (Å²) in [6.45, 7) is 11.6. The minimum absolute atomic E-state index is 0. The van der Waals surface area contributed by atoms with Gasteiger partial charge in [0.1, 0.15) is 0 Å². The minimum atomic E-state index is 0. The predicted octanol–water partition coefficient (Wildman–Crippen LogP) is 4.57. The highest BCUT2D eigenvalue weighted by atomic mass is 35.5. The lowest BCUT2D eigenvalue weighted by atomic mass is 9.75. The Morgan fingerprint density at radius 3 is 2.00 bits per heavy atom. The molecule has 1 saturated heterocycles. The normalized spacial score (nSPS) is 20.8. The Hall–Kier alpha value is -0.280. The van der Waals surface area contributed by atoms with E-state index in [2.05, 4.69) is 55.3 Å². The smallest absolute Gasteiger partial charge is 0.0377 e. The van der Waals surface area contributed by atoms with Crippen molar-refractivity contribution < 1.29 is 0 Å². The van der Waals surface area contributed by atoms with Crippen LogP contribution in [0.1, 0.15) is 57.2 Å². The molecule has 1 aliphatic heterocycles. The molecule has 1 saturated carbocycles. The van der Waals surface area contributed by atoms with Crippen LogP contribution < -0.4 is 5.32 Å². The molecule has 2 aliphatic rings. The molecule has 3 rings (SSSR count). The maximum atomic E-state index is 3.48. The molecule has 0 spiro atoms. The quantitative estimate of drug-likeness (QED) is 0.850. The molecular weight excluding hydrogens is 327 g/mol. The molecule has 132 valence electrons. The summed E-state index contributed by atoms with van der Waals surface area (Å²) in [5.74, 6) is 0.878. The molecule has 4 heteroatoms. The van der Waals surface area contributed by atoms with E-state index in [-0.39, 0.29) is 30.2 Å². The van der Waals surface area contributed by atoms with Crippen LogP contribution in [0, 0.1) is 5.92 Å². The molecule has 0 unspecified atom stereocenters. The number of rotatable bonds is 3. The fourth-order valence-corrected chi connectivity index (χ4v) is 3.68. The molecule has 0 bridgehead atoms. The van der Waals surface area contributed by atoms with Gasteiger partial charge in [0, 0.05) is 32.2 Å². The molecular formula is C19H32Cl2N2. The third-order valence-electron chi connectivity index (χ3n) is 5.26. The first-order valence-electron chi connectivity index (χ1n) is 8.61. The molecule has 0 amide bonds. The van der Waals surface area contributed by atoms with Gasteiger partial charge in [-0.15, -0.1) is 24.8 Å². The molecule has 2 nitrogen and oxygen atoms in total. The lowest BCUT2D eigenvalue weighted by molar-refractivity contribution is 0.0837. The lowest BCUT2D eigenvalue weighted by Gasteiger charge is -2.43. The zero-order valence-electron chi connectivity index (χ0n) is 14.7. The van der Waals surface area contributed by atoms with Crippen molar-refractivity contribution in [3.05, 3.63) is 35.4 Å². The van der Waals surface area contributed by atoms with Crippen LogP contribution in [-0.2, 0) is 5.41 Å². The van der Waals surface area contributed by atoms with Crippen LogP contribution in [0.2, 0.25) is 0 Å². The standard InChI is InChI=1S/C19H30N2.2ClH/c1-19(2,3)17-9-7-16(8-10-17)18(15-5-4-6-15)21-13-11-20-12-14-21;;/h7-10,15,18,20H,4-6,11-14H2,1-3H3;2*1H/t18-;;/m1../s1. The van der Waals surface area contributed by atoms with Crippen LogP contribution in [0.4, 0.5) is 0 Å². The van der Waals surface area contributed by atoms with E-state index in [4.69, 9.17) is 0 Å². The molecule has 1 heterocycles. The number of hydrogen-bond donors (Lipinski definition) is 1. The Morgan fingerprint density at radius 1 is 1.00 bits per heavy atom. The largest absolute Gasteiger partial charge is 0.314 e. The first-order valence-corrected chi connectivity index (χ1v) is 8.61. The van der Waals surface area contributed by atoms with Gasteiger partial charge in [0.2, 0.25) is 0 Å². The van der Waals surface area contributed by atoms with E-state index in [9.17, 15) is 0 Å². The number of nitrogens with one attached hydrogen (secondary N) is 1. The highest BCUT2D eigenvalue weighted by Gasteiger charge is 2.33. The van der Waals surface area contributed by atoms with E-state index in [1.165, 1.54) is 43.5 Å². The van der Waals surface area contributed by atoms with Crippen LogP contribution in [-0.4, -0.2) is 31.1 Å². The van der Waals surface area contributed by atoms with Crippen molar-refractivity contribution in [2.75, 3.05) is 26.2 Å². The van der Waals surface area contributed by atoms with Gasteiger partial charge in [0.05, 0.1) is 0 Å². The van der Waals surface area contributed by atoms with E-state index in [0.717, 1.165) is 19.0 Å². The fourth-order valence-electron chi connectivity index (χ4n) is 3.68. The van der Waals surface area contributed by atoms with Crippen molar-refractivity contribution >= 4 is 24.8 Å². The fraction of sp³-hybridized carbons (Fsp3) is 0.684. The summed E-state index contributed by atoms with van der Waals surface area (Å²) in [5.41, 5.74) is 3.23. The Labute approximate surface area is 154 Å². The maximum absolute atomic E-state index is 3.48. The second kappa shape index (κ2) is 8.71. The minimum Gasteiger partial charge on any atom is -0.314 e. The predicted molar refractivity (Wildman–Crippen MR) is 104 cm³/mol. The molecule has 0 radical (unpaired) electrons.